The summed E-state index contributed by atoms with van der Waals surface area (Å²) in [6, 6.07) is 6.07. The number of fused-ring (bicyclic) bond motifs is 7. The minimum absolute atomic E-state index is 0.0524. The van der Waals surface area contributed by atoms with Crippen LogP contribution < -0.4 is 5.43 Å². The Hall–Kier alpha value is -2.73. The maximum atomic E-state index is 13.6. The van der Waals surface area contributed by atoms with Gasteiger partial charge in [0.2, 0.25) is 0 Å². The van der Waals surface area contributed by atoms with Crippen molar-refractivity contribution in [1.82, 2.24) is 4.57 Å². The molecular weight excluding hydrogens is 325 g/mol. The number of aromatic carboxylic acids is 1. The first-order chi connectivity index (χ1) is 12.0. The molecule has 6 heteroatoms. The van der Waals surface area contributed by atoms with Crippen molar-refractivity contribution in [2.24, 2.45) is 0 Å². The Morgan fingerprint density at radius 1 is 1.32 bits per heavy atom. The summed E-state index contributed by atoms with van der Waals surface area (Å²) in [4.78, 5) is 23.6. The number of benzene rings is 1. The largest absolute Gasteiger partial charge is 0.477 e. The van der Waals surface area contributed by atoms with Gasteiger partial charge in [0.15, 0.2) is 5.43 Å². The monoisotopic (exact) mass is 339 g/mol. The summed E-state index contributed by atoms with van der Waals surface area (Å²) in [6.45, 7) is 0.566. The quantitative estimate of drug-likeness (QED) is 0.867. The number of halogens is 1. The lowest BCUT2D eigenvalue weighted by Crippen LogP contribution is -2.31. The summed E-state index contributed by atoms with van der Waals surface area (Å²) in [6.07, 6.45) is 2.49. The minimum Gasteiger partial charge on any atom is -0.477 e. The second-order valence-corrected chi connectivity index (χ2v) is 6.67. The first-order valence-electron chi connectivity index (χ1n) is 8.18. The van der Waals surface area contributed by atoms with Crippen molar-refractivity contribution in [2.75, 3.05) is 6.61 Å². The molecule has 0 amide bonds. The fraction of sp³-hybridized carbons (Fsp3) is 0.263. The first kappa shape index (κ1) is 14.6. The number of carbonyl (C=O) groups is 1. The third-order valence-electron chi connectivity index (χ3n) is 5.37. The SMILES string of the molecule is O=C(O)c1cn2c(cc1=O)C1=C(c3ccc(F)cc3C1)[C@H]1OCC[C@H]12. The molecule has 126 valence electrons. The highest BCUT2D eigenvalue weighted by molar-refractivity contribution is 5.99. The van der Waals surface area contributed by atoms with Gasteiger partial charge >= 0.3 is 5.97 Å². The average Bonchev–Trinajstić information content (AvgIpc) is 3.17. The van der Waals surface area contributed by atoms with Crippen LogP contribution in [0.5, 0.6) is 0 Å². The lowest BCUT2D eigenvalue weighted by molar-refractivity contribution is 0.0693. The van der Waals surface area contributed by atoms with Gasteiger partial charge in [-0.25, -0.2) is 9.18 Å². The van der Waals surface area contributed by atoms with Crippen molar-refractivity contribution >= 4 is 17.1 Å². The summed E-state index contributed by atoms with van der Waals surface area (Å²) < 4.78 is 21.5. The zero-order chi connectivity index (χ0) is 17.3. The molecule has 1 fully saturated rings. The fourth-order valence-electron chi connectivity index (χ4n) is 4.34. The van der Waals surface area contributed by atoms with Gasteiger partial charge in [-0.15, -0.1) is 0 Å². The average molecular weight is 339 g/mol. The Balaban J connectivity index is 1.78. The van der Waals surface area contributed by atoms with E-state index in [1.165, 1.54) is 24.4 Å². The van der Waals surface area contributed by atoms with Crippen LogP contribution in [0.1, 0.15) is 39.6 Å². The standard InChI is InChI=1S/C19H14FNO4/c20-10-1-2-11-9(5-10)6-12-15-7-16(22)13(19(23)24)8-21(15)14-3-4-25-18(14)17(11)12/h1-2,5,7-8,14,18H,3-4,6H2,(H,23,24)/t14-,18+/m1/s1. The van der Waals surface area contributed by atoms with Crippen LogP contribution in [-0.2, 0) is 11.2 Å². The number of aromatic nitrogens is 1. The minimum atomic E-state index is -1.23. The number of nitrogens with zero attached hydrogens (tertiary/aromatic N) is 1. The fourth-order valence-corrected chi connectivity index (χ4v) is 4.34. The predicted molar refractivity (Wildman–Crippen MR) is 88.0 cm³/mol. The summed E-state index contributed by atoms with van der Waals surface area (Å²) in [5, 5.41) is 9.27. The van der Waals surface area contributed by atoms with E-state index >= 15 is 0 Å². The van der Waals surface area contributed by atoms with Crippen LogP contribution in [-0.4, -0.2) is 28.4 Å². The molecule has 1 saturated heterocycles. The van der Waals surface area contributed by atoms with Gasteiger partial charge in [0.1, 0.15) is 17.5 Å². The number of allylic oxidation sites excluding steroid dienone is 1. The number of pyridine rings is 1. The van der Waals surface area contributed by atoms with Crippen LogP contribution in [0.4, 0.5) is 4.39 Å². The molecule has 5 rings (SSSR count). The van der Waals surface area contributed by atoms with Gasteiger partial charge in [0.05, 0.1) is 6.04 Å². The van der Waals surface area contributed by atoms with E-state index in [2.05, 4.69) is 0 Å². The zero-order valence-corrected chi connectivity index (χ0v) is 13.2. The molecule has 1 N–H and O–H groups in total. The molecule has 0 spiro atoms. The van der Waals surface area contributed by atoms with Gasteiger partial charge in [0, 0.05) is 31.0 Å². The van der Waals surface area contributed by atoms with Gasteiger partial charge in [-0.2, -0.15) is 0 Å². The van der Waals surface area contributed by atoms with Crippen LogP contribution >= 0.6 is 0 Å². The molecular formula is C19H14FNO4. The number of ether oxygens (including phenoxy) is 1. The molecule has 1 aliphatic carbocycles. The van der Waals surface area contributed by atoms with Crippen molar-refractivity contribution in [2.45, 2.75) is 25.0 Å². The van der Waals surface area contributed by atoms with E-state index in [0.717, 1.165) is 28.7 Å². The van der Waals surface area contributed by atoms with Crippen LogP contribution in [0.15, 0.2) is 35.3 Å². The summed E-state index contributed by atoms with van der Waals surface area (Å²) in [5.74, 6) is -1.52. The highest BCUT2D eigenvalue weighted by atomic mass is 19.1. The topological polar surface area (TPSA) is 68.5 Å². The van der Waals surface area contributed by atoms with Crippen LogP contribution in [0.3, 0.4) is 0 Å². The normalized spacial score (nSPS) is 23.1. The first-order valence-corrected chi connectivity index (χ1v) is 8.18. The molecule has 25 heavy (non-hydrogen) atoms. The van der Waals surface area contributed by atoms with Crippen LogP contribution in [0.2, 0.25) is 0 Å². The summed E-state index contributed by atoms with van der Waals surface area (Å²) in [7, 11) is 0. The molecule has 2 aliphatic heterocycles. The Kier molecular flexibility index (Phi) is 2.86. The van der Waals surface area contributed by atoms with E-state index in [1.54, 1.807) is 6.07 Å². The second kappa shape index (κ2) is 4.89. The van der Waals surface area contributed by atoms with Gasteiger partial charge < -0.3 is 14.4 Å². The number of rotatable bonds is 1. The van der Waals surface area contributed by atoms with Crippen molar-refractivity contribution < 1.29 is 19.0 Å². The van der Waals surface area contributed by atoms with E-state index in [1.807, 2.05) is 4.57 Å². The molecule has 2 atom stereocenters. The van der Waals surface area contributed by atoms with E-state index < -0.39 is 11.4 Å². The Labute approximate surface area is 142 Å². The lowest BCUT2D eigenvalue weighted by atomic mass is 9.89. The van der Waals surface area contributed by atoms with E-state index in [-0.39, 0.29) is 23.5 Å². The number of carboxylic acids is 1. The molecule has 0 saturated carbocycles. The third kappa shape index (κ3) is 1.91. The predicted octanol–water partition coefficient (Wildman–Crippen LogP) is 2.50. The third-order valence-corrected chi connectivity index (χ3v) is 5.37. The van der Waals surface area contributed by atoms with Crippen molar-refractivity contribution in [3.8, 4) is 0 Å². The van der Waals surface area contributed by atoms with Gasteiger partial charge in [-0.05, 0) is 40.8 Å². The molecule has 1 aromatic carbocycles. The van der Waals surface area contributed by atoms with Gasteiger partial charge in [0.25, 0.3) is 0 Å². The second-order valence-electron chi connectivity index (χ2n) is 6.67. The van der Waals surface area contributed by atoms with Crippen molar-refractivity contribution in [1.29, 1.82) is 0 Å². The Bertz CT molecular complexity index is 1040. The maximum Gasteiger partial charge on any atom is 0.341 e. The molecule has 5 nitrogen and oxygen atoms in total. The van der Waals surface area contributed by atoms with Gasteiger partial charge in [-0.1, -0.05) is 6.07 Å². The molecule has 0 bridgehead atoms. The Morgan fingerprint density at radius 3 is 2.96 bits per heavy atom. The maximum absolute atomic E-state index is 13.6. The van der Waals surface area contributed by atoms with Gasteiger partial charge in [-0.3, -0.25) is 4.79 Å². The van der Waals surface area contributed by atoms with Crippen LogP contribution in [0.25, 0.3) is 11.1 Å². The highest BCUT2D eigenvalue weighted by Crippen LogP contribution is 2.50. The molecule has 3 aliphatic rings. The number of hydrogen-bond donors (Lipinski definition) is 1. The zero-order valence-electron chi connectivity index (χ0n) is 13.2. The molecule has 0 unspecified atom stereocenters. The number of carboxylic acid groups (broad SMARTS) is 1. The lowest BCUT2D eigenvalue weighted by Gasteiger charge is -2.32. The molecule has 3 heterocycles. The van der Waals surface area contributed by atoms with E-state index in [9.17, 15) is 19.1 Å². The Morgan fingerprint density at radius 2 is 2.16 bits per heavy atom. The smallest absolute Gasteiger partial charge is 0.341 e. The number of hydrogen-bond acceptors (Lipinski definition) is 3. The molecule has 1 aromatic heterocycles. The summed E-state index contributed by atoms with van der Waals surface area (Å²) in [5.41, 5.74) is 3.76. The van der Waals surface area contributed by atoms with E-state index in [0.29, 0.717) is 18.7 Å². The molecule has 2 aromatic rings. The summed E-state index contributed by atoms with van der Waals surface area (Å²) >= 11 is 0. The molecule has 0 radical (unpaired) electrons. The van der Waals surface area contributed by atoms with Crippen molar-refractivity contribution in [3.05, 3.63) is 68.9 Å². The van der Waals surface area contributed by atoms with Crippen molar-refractivity contribution in [3.63, 3.8) is 0 Å². The van der Waals surface area contributed by atoms with Crippen LogP contribution in [0, 0.1) is 5.82 Å². The van der Waals surface area contributed by atoms with E-state index in [4.69, 9.17) is 4.74 Å². The highest BCUT2D eigenvalue weighted by Gasteiger charge is 2.43.